The van der Waals surface area contributed by atoms with Crippen LogP contribution in [0.1, 0.15) is 18.7 Å². The predicted molar refractivity (Wildman–Crippen MR) is 71.5 cm³/mol. The molecule has 3 rings (SSSR count). The fourth-order valence-electron chi connectivity index (χ4n) is 1.54. The zero-order valence-electron chi connectivity index (χ0n) is 9.37. The summed E-state index contributed by atoms with van der Waals surface area (Å²) in [5.41, 5.74) is 0. The average Bonchev–Trinajstić information content (AvgIpc) is 2.82. The Morgan fingerprint density at radius 1 is 1.44 bits per heavy atom. The van der Waals surface area contributed by atoms with Gasteiger partial charge in [-0.1, -0.05) is 0 Å². The van der Waals surface area contributed by atoms with E-state index in [4.69, 9.17) is 0 Å². The predicted octanol–water partition coefficient (Wildman–Crippen LogP) is 2.35. The van der Waals surface area contributed by atoms with Crippen molar-refractivity contribution < 1.29 is 8.42 Å². The highest BCUT2D eigenvalue weighted by Gasteiger charge is 2.24. The van der Waals surface area contributed by atoms with Gasteiger partial charge in [0.15, 0.2) is 0 Å². The van der Waals surface area contributed by atoms with Crippen LogP contribution < -0.4 is 4.72 Å². The minimum Gasteiger partial charge on any atom is -0.253 e. The minimum absolute atomic E-state index is 0.270. The molecule has 1 aliphatic rings. The highest BCUT2D eigenvalue weighted by Crippen LogP contribution is 2.32. The Bertz CT molecular complexity index is 629. The number of aromatic nitrogens is 2. The van der Waals surface area contributed by atoms with E-state index in [-0.39, 0.29) is 4.90 Å². The molecule has 2 aromatic rings. The van der Waals surface area contributed by atoms with Crippen molar-refractivity contribution in [2.24, 2.45) is 5.92 Å². The molecule has 1 saturated carbocycles. The van der Waals surface area contributed by atoms with E-state index in [1.54, 1.807) is 16.8 Å². The van der Waals surface area contributed by atoms with Crippen molar-refractivity contribution in [1.29, 1.82) is 0 Å². The Labute approximate surface area is 113 Å². The standard InChI is InChI=1S/C10H11N3O2S3/c14-18(15,8-3-4-16-6-8)13-10-11-9(12-17-10)5-7-1-2-7/h3-4,6-7H,1-2,5H2,(H,11,12,13). The van der Waals surface area contributed by atoms with Crippen LogP contribution >= 0.6 is 22.9 Å². The van der Waals surface area contributed by atoms with Crippen LogP contribution in [0.25, 0.3) is 0 Å². The zero-order valence-corrected chi connectivity index (χ0v) is 11.8. The maximum atomic E-state index is 11.9. The summed E-state index contributed by atoms with van der Waals surface area (Å²) >= 11 is 2.44. The summed E-state index contributed by atoms with van der Waals surface area (Å²) in [6.45, 7) is 0. The molecule has 0 bridgehead atoms. The SMILES string of the molecule is O=S(=O)(Nc1nc(CC2CC2)ns1)c1ccsc1. The molecule has 0 aromatic carbocycles. The van der Waals surface area contributed by atoms with Crippen LogP contribution in [0.4, 0.5) is 5.13 Å². The van der Waals surface area contributed by atoms with Gasteiger partial charge in [-0.2, -0.15) is 15.7 Å². The second-order valence-electron chi connectivity index (χ2n) is 4.23. The van der Waals surface area contributed by atoms with E-state index in [1.807, 2.05) is 0 Å². The molecule has 1 N–H and O–H groups in total. The van der Waals surface area contributed by atoms with Crippen molar-refractivity contribution in [2.45, 2.75) is 24.2 Å². The molecule has 0 unspecified atom stereocenters. The van der Waals surface area contributed by atoms with Crippen molar-refractivity contribution in [3.8, 4) is 0 Å². The molecule has 8 heteroatoms. The van der Waals surface area contributed by atoms with Gasteiger partial charge in [-0.15, -0.1) is 0 Å². The summed E-state index contributed by atoms with van der Waals surface area (Å²) < 4.78 is 30.5. The molecule has 1 fully saturated rings. The quantitative estimate of drug-likeness (QED) is 0.920. The van der Waals surface area contributed by atoms with Gasteiger partial charge in [0, 0.05) is 23.3 Å². The van der Waals surface area contributed by atoms with Gasteiger partial charge < -0.3 is 0 Å². The lowest BCUT2D eigenvalue weighted by Crippen LogP contribution is -2.11. The van der Waals surface area contributed by atoms with Gasteiger partial charge in [0.25, 0.3) is 10.0 Å². The molecule has 18 heavy (non-hydrogen) atoms. The Balaban J connectivity index is 1.73. The van der Waals surface area contributed by atoms with Crippen LogP contribution in [0, 0.1) is 5.92 Å². The van der Waals surface area contributed by atoms with E-state index < -0.39 is 10.0 Å². The summed E-state index contributed by atoms with van der Waals surface area (Å²) in [5.74, 6) is 1.44. The molecule has 96 valence electrons. The fraction of sp³-hybridized carbons (Fsp3) is 0.400. The van der Waals surface area contributed by atoms with Crippen molar-refractivity contribution in [1.82, 2.24) is 9.36 Å². The number of nitrogens with one attached hydrogen (secondary N) is 1. The molecule has 0 atom stereocenters. The first kappa shape index (κ1) is 12.1. The summed E-state index contributed by atoms with van der Waals surface area (Å²) in [6.07, 6.45) is 3.32. The van der Waals surface area contributed by atoms with E-state index in [0.717, 1.165) is 23.8 Å². The molecule has 0 radical (unpaired) electrons. The average molecular weight is 301 g/mol. The van der Waals surface area contributed by atoms with Gasteiger partial charge in [-0.3, -0.25) is 4.72 Å². The highest BCUT2D eigenvalue weighted by molar-refractivity contribution is 7.93. The number of hydrogen-bond donors (Lipinski definition) is 1. The molecular weight excluding hydrogens is 290 g/mol. The highest BCUT2D eigenvalue weighted by atomic mass is 32.2. The minimum atomic E-state index is -3.50. The lowest BCUT2D eigenvalue weighted by molar-refractivity contribution is 0.601. The third-order valence-electron chi connectivity index (χ3n) is 2.66. The van der Waals surface area contributed by atoms with E-state index in [1.165, 1.54) is 24.2 Å². The number of sulfonamides is 1. The summed E-state index contributed by atoms with van der Waals surface area (Å²) in [5, 5.41) is 3.67. The summed E-state index contributed by atoms with van der Waals surface area (Å²) in [7, 11) is -3.50. The van der Waals surface area contributed by atoms with Crippen LogP contribution in [0.2, 0.25) is 0 Å². The maximum Gasteiger partial charge on any atom is 0.264 e. The van der Waals surface area contributed by atoms with Crippen molar-refractivity contribution in [2.75, 3.05) is 4.72 Å². The largest absolute Gasteiger partial charge is 0.264 e. The molecule has 1 aliphatic carbocycles. The molecule has 0 spiro atoms. The summed E-state index contributed by atoms with van der Waals surface area (Å²) in [4.78, 5) is 4.48. The van der Waals surface area contributed by atoms with Crippen molar-refractivity contribution in [3.05, 3.63) is 22.7 Å². The van der Waals surface area contributed by atoms with Crippen LogP contribution in [0.3, 0.4) is 0 Å². The van der Waals surface area contributed by atoms with E-state index in [2.05, 4.69) is 14.1 Å². The number of thiophene rings is 1. The fourth-order valence-corrected chi connectivity index (χ4v) is 4.39. The van der Waals surface area contributed by atoms with Gasteiger partial charge >= 0.3 is 0 Å². The van der Waals surface area contributed by atoms with Gasteiger partial charge in [0.2, 0.25) is 5.13 Å². The zero-order chi connectivity index (χ0) is 12.6. The second kappa shape index (κ2) is 4.60. The van der Waals surface area contributed by atoms with Crippen LogP contribution in [0.5, 0.6) is 0 Å². The van der Waals surface area contributed by atoms with Gasteiger partial charge in [0.05, 0.1) is 4.90 Å². The van der Waals surface area contributed by atoms with E-state index in [9.17, 15) is 8.42 Å². The molecule has 2 aromatic heterocycles. The van der Waals surface area contributed by atoms with Gasteiger partial charge in [-0.05, 0) is 30.2 Å². The van der Waals surface area contributed by atoms with Crippen molar-refractivity contribution >= 4 is 38.0 Å². The Hall–Kier alpha value is -0.990. The normalized spacial score (nSPS) is 15.8. The van der Waals surface area contributed by atoms with Crippen LogP contribution in [0.15, 0.2) is 21.7 Å². The smallest absolute Gasteiger partial charge is 0.253 e. The van der Waals surface area contributed by atoms with Crippen molar-refractivity contribution in [3.63, 3.8) is 0 Å². The Kier molecular flexibility index (Phi) is 3.08. The third kappa shape index (κ3) is 2.70. The Morgan fingerprint density at radius 3 is 2.94 bits per heavy atom. The molecule has 0 amide bonds. The molecule has 0 aliphatic heterocycles. The number of rotatable bonds is 5. The molecular formula is C10H11N3O2S3. The first-order chi connectivity index (χ1) is 8.63. The number of anilines is 1. The third-order valence-corrected chi connectivity index (χ3v) is 5.63. The first-order valence-corrected chi connectivity index (χ1v) is 8.71. The monoisotopic (exact) mass is 301 g/mol. The maximum absolute atomic E-state index is 11.9. The second-order valence-corrected chi connectivity index (χ2v) is 7.44. The number of nitrogens with zero attached hydrogens (tertiary/aromatic N) is 2. The first-order valence-electron chi connectivity index (χ1n) is 5.51. The van der Waals surface area contributed by atoms with Crippen LogP contribution in [-0.4, -0.2) is 17.8 Å². The van der Waals surface area contributed by atoms with Crippen LogP contribution in [-0.2, 0) is 16.4 Å². The molecule has 0 saturated heterocycles. The van der Waals surface area contributed by atoms with E-state index in [0.29, 0.717) is 11.0 Å². The van der Waals surface area contributed by atoms with E-state index >= 15 is 0 Å². The lowest BCUT2D eigenvalue weighted by atomic mass is 10.3. The Morgan fingerprint density at radius 2 is 2.28 bits per heavy atom. The molecule has 2 heterocycles. The summed E-state index contributed by atoms with van der Waals surface area (Å²) in [6, 6.07) is 1.57. The lowest BCUT2D eigenvalue weighted by Gasteiger charge is -2.00. The topological polar surface area (TPSA) is 72.0 Å². The molecule has 5 nitrogen and oxygen atoms in total. The van der Waals surface area contributed by atoms with Gasteiger partial charge in [-0.25, -0.2) is 13.4 Å². The number of hydrogen-bond acceptors (Lipinski definition) is 6. The van der Waals surface area contributed by atoms with Gasteiger partial charge in [0.1, 0.15) is 5.82 Å².